The fourth-order valence-electron chi connectivity index (χ4n) is 6.91. The van der Waals surface area contributed by atoms with Crippen molar-refractivity contribution in [2.24, 2.45) is 17.3 Å². The van der Waals surface area contributed by atoms with Crippen LogP contribution < -0.4 is 10.2 Å². The Hall–Kier alpha value is -1.82. The van der Waals surface area contributed by atoms with Crippen LogP contribution in [-0.4, -0.2) is 54.3 Å². The number of nitrogens with zero attached hydrogens (tertiary/aromatic N) is 2. The largest absolute Gasteiger partial charge is 0.368 e. The van der Waals surface area contributed by atoms with Crippen LogP contribution in [0.25, 0.3) is 0 Å². The molecule has 6 rings (SSSR count). The van der Waals surface area contributed by atoms with Crippen molar-refractivity contribution in [1.29, 1.82) is 0 Å². The molecule has 5 aliphatic rings. The van der Waals surface area contributed by atoms with Gasteiger partial charge in [0, 0.05) is 49.7 Å². The molecule has 0 aromatic heterocycles. The highest BCUT2D eigenvalue weighted by Gasteiger charge is 2.59. The summed E-state index contributed by atoms with van der Waals surface area (Å²) >= 11 is 6.85. The molecular weight excluding hydrogens is 417 g/mol. The highest BCUT2D eigenvalue weighted by Crippen LogP contribution is 2.63. The number of halogens is 2. The Kier molecular flexibility index (Phi) is 5.40. The summed E-state index contributed by atoms with van der Waals surface area (Å²) in [6, 6.07) is 6.48. The maximum atomic E-state index is 13.1. The monoisotopic (exact) mass is 447 g/mol. The lowest BCUT2D eigenvalue weighted by molar-refractivity contribution is -0.144. The van der Waals surface area contributed by atoms with E-state index in [9.17, 15) is 14.0 Å². The number of nitrogens with one attached hydrogen (secondary N) is 1. The van der Waals surface area contributed by atoms with E-state index in [0.29, 0.717) is 37.9 Å². The number of benzene rings is 1. The van der Waals surface area contributed by atoms with Crippen molar-refractivity contribution in [3.8, 4) is 0 Å². The number of hydrogen-bond donors (Lipinski definition) is 1. The Balaban J connectivity index is 1.09. The van der Waals surface area contributed by atoms with Gasteiger partial charge in [0.1, 0.15) is 5.82 Å². The molecule has 4 bridgehead atoms. The number of piperazine rings is 1. The predicted octanol–water partition coefficient (Wildman–Crippen LogP) is 3.56. The second kappa shape index (κ2) is 7.95. The SMILES string of the molecule is O=C(CCNC(=O)C12C[C@H]3C[C@@H](CC(Cl)(C3)C1)C2)N1CCN(c2ccc(F)cc2)CC1. The summed E-state index contributed by atoms with van der Waals surface area (Å²) in [5, 5.41) is 3.08. The summed E-state index contributed by atoms with van der Waals surface area (Å²) in [6.45, 7) is 3.14. The Morgan fingerprint density at radius 2 is 1.68 bits per heavy atom. The Bertz CT molecular complexity index is 839. The summed E-state index contributed by atoms with van der Waals surface area (Å²) in [5.74, 6) is 1.13. The molecule has 4 saturated carbocycles. The van der Waals surface area contributed by atoms with Gasteiger partial charge < -0.3 is 15.1 Å². The average molecular weight is 448 g/mol. The smallest absolute Gasteiger partial charge is 0.226 e. The maximum absolute atomic E-state index is 13.1. The average Bonchev–Trinajstić information content (AvgIpc) is 2.72. The molecule has 1 heterocycles. The van der Waals surface area contributed by atoms with Crippen LogP contribution in [0, 0.1) is 23.1 Å². The van der Waals surface area contributed by atoms with Crippen LogP contribution in [-0.2, 0) is 9.59 Å². The van der Waals surface area contributed by atoms with Gasteiger partial charge in [-0.3, -0.25) is 9.59 Å². The van der Waals surface area contributed by atoms with Gasteiger partial charge >= 0.3 is 0 Å². The van der Waals surface area contributed by atoms with Crippen LogP contribution in [0.15, 0.2) is 24.3 Å². The van der Waals surface area contributed by atoms with E-state index in [0.717, 1.165) is 50.9 Å². The first kappa shape index (κ1) is 21.0. The summed E-state index contributed by atoms with van der Waals surface area (Å²) in [6.07, 6.45) is 6.39. The highest BCUT2D eigenvalue weighted by atomic mass is 35.5. The Morgan fingerprint density at radius 3 is 2.29 bits per heavy atom. The van der Waals surface area contributed by atoms with Crippen LogP contribution in [0.2, 0.25) is 0 Å². The lowest BCUT2D eigenvalue weighted by Crippen LogP contribution is -2.58. The fraction of sp³-hybridized carbons (Fsp3) is 0.667. The third kappa shape index (κ3) is 4.15. The van der Waals surface area contributed by atoms with Gasteiger partial charge in [-0.2, -0.15) is 0 Å². The van der Waals surface area contributed by atoms with Crippen LogP contribution in [0.5, 0.6) is 0 Å². The zero-order valence-electron chi connectivity index (χ0n) is 17.9. The normalized spacial score (nSPS) is 34.1. The molecule has 0 spiro atoms. The van der Waals surface area contributed by atoms with Gasteiger partial charge in [0.15, 0.2) is 0 Å². The molecular formula is C24H31ClFN3O2. The van der Waals surface area contributed by atoms with E-state index in [1.807, 2.05) is 4.90 Å². The van der Waals surface area contributed by atoms with Crippen LogP contribution in [0.4, 0.5) is 10.1 Å². The Labute approximate surface area is 188 Å². The van der Waals surface area contributed by atoms with Gasteiger partial charge in [0.05, 0.1) is 5.41 Å². The number of hydrogen-bond acceptors (Lipinski definition) is 3. The molecule has 0 unspecified atom stereocenters. The van der Waals surface area contributed by atoms with Crippen molar-refractivity contribution in [2.45, 2.75) is 49.8 Å². The van der Waals surface area contributed by atoms with Gasteiger partial charge in [-0.15, -0.1) is 11.6 Å². The van der Waals surface area contributed by atoms with Crippen LogP contribution in [0.3, 0.4) is 0 Å². The van der Waals surface area contributed by atoms with E-state index in [4.69, 9.17) is 11.6 Å². The minimum atomic E-state index is -0.310. The number of amides is 2. The lowest BCUT2D eigenvalue weighted by Gasteiger charge is -2.59. The standard InChI is InChI=1S/C24H31ClFN3O2/c25-24-14-17-11-18(15-24)13-23(12-17,16-24)22(31)27-6-5-21(30)29-9-7-28(8-10-29)20-3-1-19(26)2-4-20/h1-4,17-18H,5-16H2,(H,27,31)/t17-,18-,23?,24?/m1/s1. The van der Waals surface area contributed by atoms with Gasteiger partial charge in [-0.05, 0) is 74.6 Å². The first-order valence-electron chi connectivity index (χ1n) is 11.6. The predicted molar refractivity (Wildman–Crippen MR) is 119 cm³/mol. The lowest BCUT2D eigenvalue weighted by atomic mass is 9.49. The second-order valence-electron chi connectivity index (χ2n) is 10.2. The summed E-state index contributed by atoms with van der Waals surface area (Å²) < 4.78 is 13.1. The van der Waals surface area contributed by atoms with Gasteiger partial charge in [0.2, 0.25) is 11.8 Å². The van der Waals surface area contributed by atoms with E-state index in [-0.39, 0.29) is 27.9 Å². The molecule has 31 heavy (non-hydrogen) atoms. The highest BCUT2D eigenvalue weighted by molar-refractivity contribution is 6.24. The van der Waals surface area contributed by atoms with Crippen molar-refractivity contribution in [1.82, 2.24) is 10.2 Å². The van der Waals surface area contributed by atoms with Gasteiger partial charge in [-0.1, -0.05) is 0 Å². The van der Waals surface area contributed by atoms with E-state index < -0.39 is 0 Å². The van der Waals surface area contributed by atoms with Gasteiger partial charge in [-0.25, -0.2) is 4.39 Å². The van der Waals surface area contributed by atoms with Crippen LogP contribution in [0.1, 0.15) is 44.9 Å². The molecule has 1 N–H and O–H groups in total. The van der Waals surface area contributed by atoms with E-state index in [2.05, 4.69) is 10.2 Å². The van der Waals surface area contributed by atoms with Crippen LogP contribution >= 0.6 is 11.6 Å². The quantitative estimate of drug-likeness (QED) is 0.702. The van der Waals surface area contributed by atoms with Gasteiger partial charge in [0.25, 0.3) is 0 Å². The van der Waals surface area contributed by atoms with Crippen molar-refractivity contribution in [2.75, 3.05) is 37.6 Å². The molecule has 7 heteroatoms. The van der Waals surface area contributed by atoms with E-state index in [1.165, 1.54) is 18.6 Å². The molecule has 1 aromatic carbocycles. The molecule has 168 valence electrons. The van der Waals surface area contributed by atoms with Crippen molar-refractivity contribution in [3.63, 3.8) is 0 Å². The molecule has 1 aromatic rings. The topological polar surface area (TPSA) is 52.7 Å². The second-order valence-corrected chi connectivity index (χ2v) is 11.0. The number of carbonyl (C=O) groups excluding carboxylic acids is 2. The molecule has 2 atom stereocenters. The molecule has 5 nitrogen and oxygen atoms in total. The summed E-state index contributed by atoms with van der Waals surface area (Å²) in [7, 11) is 0. The molecule has 0 radical (unpaired) electrons. The van der Waals surface area contributed by atoms with Crippen molar-refractivity contribution >= 4 is 29.1 Å². The number of anilines is 1. The number of carbonyl (C=O) groups is 2. The molecule has 4 aliphatic carbocycles. The summed E-state index contributed by atoms with van der Waals surface area (Å²) in [5.41, 5.74) is 0.670. The molecule has 5 fully saturated rings. The minimum absolute atomic E-state index is 0.0818. The molecule has 2 amide bonds. The zero-order chi connectivity index (χ0) is 21.6. The first-order chi connectivity index (χ1) is 14.8. The number of alkyl halides is 1. The van der Waals surface area contributed by atoms with Crippen molar-refractivity contribution in [3.05, 3.63) is 30.1 Å². The Morgan fingerprint density at radius 1 is 1.03 bits per heavy atom. The number of rotatable bonds is 5. The maximum Gasteiger partial charge on any atom is 0.226 e. The third-order valence-corrected chi connectivity index (χ3v) is 8.36. The molecule has 1 aliphatic heterocycles. The first-order valence-corrected chi connectivity index (χ1v) is 12.0. The van der Waals surface area contributed by atoms with E-state index in [1.54, 1.807) is 12.1 Å². The fourth-order valence-corrected chi connectivity index (χ4v) is 7.60. The third-order valence-electron chi connectivity index (χ3n) is 7.92. The minimum Gasteiger partial charge on any atom is -0.368 e. The molecule has 1 saturated heterocycles. The van der Waals surface area contributed by atoms with E-state index >= 15 is 0 Å². The van der Waals surface area contributed by atoms with Crippen molar-refractivity contribution < 1.29 is 14.0 Å². The zero-order valence-corrected chi connectivity index (χ0v) is 18.7. The summed E-state index contributed by atoms with van der Waals surface area (Å²) in [4.78, 5) is 29.6.